The maximum atomic E-state index is 12.9. The molecule has 0 spiro atoms. The van der Waals surface area contributed by atoms with Gasteiger partial charge in [0.1, 0.15) is 11.5 Å². The van der Waals surface area contributed by atoms with E-state index in [4.69, 9.17) is 10.00 Å². The molecule has 0 radical (unpaired) electrons. The molecule has 0 N–H and O–H groups in total. The number of carbonyl (C=O) groups is 2. The Morgan fingerprint density at radius 1 is 0.885 bits per heavy atom. The number of nitriles is 1. The molecule has 2 unspecified atom stereocenters. The average Bonchev–Trinajstić information content (AvgIpc) is 2.59. The fourth-order valence-electron chi connectivity index (χ4n) is 4.37. The van der Waals surface area contributed by atoms with Crippen molar-refractivity contribution < 1.29 is 14.3 Å². The van der Waals surface area contributed by atoms with Crippen LogP contribution in [0.25, 0.3) is 0 Å². The second-order valence-electron chi connectivity index (χ2n) is 7.82. The van der Waals surface area contributed by atoms with Gasteiger partial charge in [0, 0.05) is 42.7 Å². The normalized spacial score (nSPS) is 28.3. The molecule has 132 valence electrons. The first kappa shape index (κ1) is 16.8. The Labute approximate surface area is 153 Å². The molecule has 3 aliphatic rings. The first-order chi connectivity index (χ1) is 12.5. The number of hydrogen-bond acceptors (Lipinski definition) is 4. The quantitative estimate of drug-likeness (QED) is 0.764. The molecule has 0 saturated heterocycles. The Bertz CT molecular complexity index is 852. The lowest BCUT2D eigenvalue weighted by Gasteiger charge is -2.38. The maximum Gasteiger partial charge on any atom is 0.163 e. The number of Topliss-reactive ketones (excluding diaryl/α,β-unsaturated/α-hetero) is 2. The molecule has 1 aromatic rings. The largest absolute Gasteiger partial charge is 0.465 e. The topological polar surface area (TPSA) is 67.2 Å². The van der Waals surface area contributed by atoms with Gasteiger partial charge in [-0.05, 0) is 29.5 Å². The molecule has 0 aromatic heterocycles. The minimum Gasteiger partial charge on any atom is -0.465 e. The van der Waals surface area contributed by atoms with Gasteiger partial charge in [0.15, 0.2) is 11.6 Å². The number of benzene rings is 1. The van der Waals surface area contributed by atoms with Crippen LogP contribution in [0.4, 0.5) is 0 Å². The maximum absolute atomic E-state index is 12.9. The highest BCUT2D eigenvalue weighted by atomic mass is 16.5. The predicted octanol–water partition coefficient (Wildman–Crippen LogP) is 4.18. The summed E-state index contributed by atoms with van der Waals surface area (Å²) in [7, 11) is 0. The molecule has 0 saturated carbocycles. The van der Waals surface area contributed by atoms with Gasteiger partial charge in [-0.1, -0.05) is 26.0 Å². The van der Waals surface area contributed by atoms with E-state index in [-0.39, 0.29) is 29.3 Å². The van der Waals surface area contributed by atoms with Crippen LogP contribution in [0.1, 0.15) is 56.6 Å². The van der Waals surface area contributed by atoms with Crippen LogP contribution in [-0.4, -0.2) is 11.6 Å². The summed E-state index contributed by atoms with van der Waals surface area (Å²) < 4.78 is 6.14. The van der Waals surface area contributed by atoms with Crippen molar-refractivity contribution in [3.05, 3.63) is 58.1 Å². The van der Waals surface area contributed by atoms with E-state index < -0.39 is 0 Å². The molecule has 0 amide bonds. The molecule has 4 rings (SSSR count). The first-order valence-electron chi connectivity index (χ1n) is 9.18. The number of nitrogens with zero attached hydrogens (tertiary/aromatic N) is 1. The van der Waals surface area contributed by atoms with Crippen molar-refractivity contribution in [1.29, 1.82) is 5.26 Å². The Morgan fingerprint density at radius 2 is 1.38 bits per heavy atom. The Balaban J connectivity index is 1.88. The van der Waals surface area contributed by atoms with Crippen LogP contribution >= 0.6 is 0 Å². The molecule has 1 aliphatic heterocycles. The summed E-state index contributed by atoms with van der Waals surface area (Å²) in [6, 6.07) is 9.33. The fraction of sp³-hybridized carbons (Fsp3) is 0.409. The van der Waals surface area contributed by atoms with Crippen molar-refractivity contribution >= 4 is 11.6 Å². The molecular weight excluding hydrogens is 326 g/mol. The van der Waals surface area contributed by atoms with Gasteiger partial charge in [-0.25, -0.2) is 0 Å². The van der Waals surface area contributed by atoms with Crippen LogP contribution in [-0.2, 0) is 14.3 Å². The van der Waals surface area contributed by atoms with E-state index in [0.29, 0.717) is 29.6 Å². The molecule has 2 atom stereocenters. The molecular formula is C22H21NO3. The van der Waals surface area contributed by atoms with E-state index in [1.165, 1.54) is 0 Å². The van der Waals surface area contributed by atoms with Crippen molar-refractivity contribution in [2.75, 3.05) is 0 Å². The third-order valence-electron chi connectivity index (χ3n) is 5.53. The highest BCUT2D eigenvalue weighted by Gasteiger charge is 2.43. The second-order valence-corrected chi connectivity index (χ2v) is 7.82. The zero-order valence-electron chi connectivity index (χ0n) is 15.0. The van der Waals surface area contributed by atoms with E-state index in [0.717, 1.165) is 29.9 Å². The number of rotatable bonds is 1. The zero-order valence-corrected chi connectivity index (χ0v) is 15.0. The Morgan fingerprint density at radius 3 is 1.85 bits per heavy atom. The SMILES string of the molecule is CC1CC(=O)C2=C(C1)OC1=C(C(=O)CC(C)C1)C2c1ccc(C#N)cc1. The number of ketones is 2. The van der Waals surface area contributed by atoms with Gasteiger partial charge < -0.3 is 4.74 Å². The van der Waals surface area contributed by atoms with Gasteiger partial charge in [0.05, 0.1) is 11.6 Å². The summed E-state index contributed by atoms with van der Waals surface area (Å²) in [6.45, 7) is 4.11. The van der Waals surface area contributed by atoms with Crippen molar-refractivity contribution in [1.82, 2.24) is 0 Å². The minimum absolute atomic E-state index is 0.0751. The van der Waals surface area contributed by atoms with Crippen LogP contribution in [0.3, 0.4) is 0 Å². The van der Waals surface area contributed by atoms with Gasteiger partial charge >= 0.3 is 0 Å². The van der Waals surface area contributed by atoms with E-state index >= 15 is 0 Å². The van der Waals surface area contributed by atoms with E-state index in [2.05, 4.69) is 19.9 Å². The standard InChI is InChI=1S/C22H21NO3/c1-12-7-16(24)21-18(9-12)26-19-10-13(2)8-17(25)22(19)20(21)15-5-3-14(11-23)4-6-15/h3-6,12-13,20H,7-10H2,1-2H3. The van der Waals surface area contributed by atoms with Gasteiger partial charge in [-0.2, -0.15) is 5.26 Å². The van der Waals surface area contributed by atoms with Crippen LogP contribution in [0.5, 0.6) is 0 Å². The number of ether oxygens (including phenoxy) is 1. The molecule has 4 heteroatoms. The summed E-state index contributed by atoms with van der Waals surface area (Å²) in [4.78, 5) is 25.7. The van der Waals surface area contributed by atoms with Crippen molar-refractivity contribution in [3.63, 3.8) is 0 Å². The second kappa shape index (κ2) is 6.25. The smallest absolute Gasteiger partial charge is 0.163 e. The van der Waals surface area contributed by atoms with Gasteiger partial charge in [-0.15, -0.1) is 0 Å². The van der Waals surface area contributed by atoms with Crippen LogP contribution in [0, 0.1) is 23.2 Å². The molecule has 0 bridgehead atoms. The summed E-state index contributed by atoms with van der Waals surface area (Å²) in [5.74, 6) is 1.77. The van der Waals surface area contributed by atoms with E-state index in [9.17, 15) is 9.59 Å². The minimum atomic E-state index is -0.360. The molecule has 1 aromatic carbocycles. The fourth-order valence-corrected chi connectivity index (χ4v) is 4.37. The van der Waals surface area contributed by atoms with E-state index in [1.807, 2.05) is 12.1 Å². The number of hydrogen-bond donors (Lipinski definition) is 0. The van der Waals surface area contributed by atoms with Crippen LogP contribution < -0.4 is 0 Å². The van der Waals surface area contributed by atoms with Crippen molar-refractivity contribution in [2.24, 2.45) is 11.8 Å². The Hall–Kier alpha value is -2.67. The molecule has 2 aliphatic carbocycles. The van der Waals surface area contributed by atoms with E-state index in [1.54, 1.807) is 12.1 Å². The van der Waals surface area contributed by atoms with Crippen LogP contribution in [0.15, 0.2) is 46.9 Å². The van der Waals surface area contributed by atoms with Crippen LogP contribution in [0.2, 0.25) is 0 Å². The third-order valence-corrected chi connectivity index (χ3v) is 5.53. The highest BCUT2D eigenvalue weighted by Crippen LogP contribution is 2.49. The highest BCUT2D eigenvalue weighted by molar-refractivity contribution is 6.06. The lowest BCUT2D eigenvalue weighted by Crippen LogP contribution is -2.33. The van der Waals surface area contributed by atoms with Crippen molar-refractivity contribution in [3.8, 4) is 6.07 Å². The monoisotopic (exact) mass is 347 g/mol. The molecule has 4 nitrogen and oxygen atoms in total. The summed E-state index contributed by atoms with van der Waals surface area (Å²) in [5.41, 5.74) is 2.75. The van der Waals surface area contributed by atoms with Gasteiger partial charge in [0.2, 0.25) is 0 Å². The first-order valence-corrected chi connectivity index (χ1v) is 9.18. The van der Waals surface area contributed by atoms with Crippen molar-refractivity contribution in [2.45, 2.75) is 45.4 Å². The number of allylic oxidation sites excluding steroid dienone is 4. The van der Waals surface area contributed by atoms with Gasteiger partial charge in [0.25, 0.3) is 0 Å². The molecule has 1 heterocycles. The Kier molecular flexibility index (Phi) is 4.03. The molecule has 0 fully saturated rings. The predicted molar refractivity (Wildman–Crippen MR) is 95.8 cm³/mol. The third kappa shape index (κ3) is 2.68. The summed E-state index contributed by atoms with van der Waals surface area (Å²) in [6.07, 6.45) is 2.44. The molecule has 26 heavy (non-hydrogen) atoms. The zero-order chi connectivity index (χ0) is 18.4. The average molecular weight is 347 g/mol. The number of carbonyl (C=O) groups excluding carboxylic acids is 2. The lowest BCUT2D eigenvalue weighted by atomic mass is 9.70. The van der Waals surface area contributed by atoms with Gasteiger partial charge in [-0.3, -0.25) is 9.59 Å². The summed E-state index contributed by atoms with van der Waals surface area (Å²) >= 11 is 0. The summed E-state index contributed by atoms with van der Waals surface area (Å²) in [5, 5.41) is 9.06. The lowest BCUT2D eigenvalue weighted by molar-refractivity contribution is -0.118.